The summed E-state index contributed by atoms with van der Waals surface area (Å²) in [7, 11) is 5.33. The average Bonchev–Trinajstić information content (AvgIpc) is 2.43. The number of rotatable bonds is 6. The lowest BCUT2D eigenvalue weighted by Gasteiger charge is -2.17. The fourth-order valence-electron chi connectivity index (χ4n) is 1.65. The Morgan fingerprint density at radius 2 is 1.90 bits per heavy atom. The van der Waals surface area contributed by atoms with Crippen molar-refractivity contribution in [3.8, 4) is 0 Å². The number of anilines is 2. The van der Waals surface area contributed by atoms with E-state index in [-0.39, 0.29) is 0 Å². The van der Waals surface area contributed by atoms with Crippen LogP contribution in [-0.2, 0) is 14.3 Å². The van der Waals surface area contributed by atoms with Gasteiger partial charge in [0, 0.05) is 34.4 Å². The van der Waals surface area contributed by atoms with E-state index in [2.05, 4.69) is 10.6 Å². The van der Waals surface area contributed by atoms with Crippen molar-refractivity contribution in [1.82, 2.24) is 5.32 Å². The Balaban J connectivity index is 2.55. The highest BCUT2D eigenvalue weighted by molar-refractivity contribution is 6.39. The van der Waals surface area contributed by atoms with E-state index in [4.69, 9.17) is 4.74 Å². The Kier molecular flexibility index (Phi) is 6.52. The summed E-state index contributed by atoms with van der Waals surface area (Å²) < 4.78 is 4.86. The molecular weight excluding hydrogens is 258 g/mol. The molecule has 0 aliphatic carbocycles. The molecule has 0 unspecified atom stereocenters. The van der Waals surface area contributed by atoms with Crippen LogP contribution >= 0.6 is 0 Å². The van der Waals surface area contributed by atoms with Crippen LogP contribution in [0.5, 0.6) is 0 Å². The van der Waals surface area contributed by atoms with Crippen LogP contribution in [0.3, 0.4) is 0 Å². The van der Waals surface area contributed by atoms with Gasteiger partial charge in [-0.2, -0.15) is 0 Å². The minimum atomic E-state index is -0.670. The number of amides is 2. The van der Waals surface area contributed by atoms with Crippen molar-refractivity contribution in [3.63, 3.8) is 0 Å². The molecule has 0 radical (unpaired) electrons. The lowest BCUT2D eigenvalue weighted by Crippen LogP contribution is -2.36. The summed E-state index contributed by atoms with van der Waals surface area (Å²) in [5, 5.41) is 5.15. The molecule has 0 aliphatic rings. The van der Waals surface area contributed by atoms with Crippen LogP contribution in [-0.4, -0.2) is 46.2 Å². The monoisotopic (exact) mass is 279 g/mol. The summed E-state index contributed by atoms with van der Waals surface area (Å²) in [6.07, 6.45) is 0.670. The third-order valence-electron chi connectivity index (χ3n) is 2.65. The van der Waals surface area contributed by atoms with Crippen molar-refractivity contribution in [3.05, 3.63) is 24.3 Å². The molecule has 2 amide bonds. The zero-order chi connectivity index (χ0) is 15.0. The highest BCUT2D eigenvalue weighted by Crippen LogP contribution is 2.23. The molecule has 2 N–H and O–H groups in total. The van der Waals surface area contributed by atoms with Crippen LogP contribution in [0.2, 0.25) is 0 Å². The fourth-order valence-corrected chi connectivity index (χ4v) is 1.65. The Morgan fingerprint density at radius 3 is 2.55 bits per heavy atom. The zero-order valence-corrected chi connectivity index (χ0v) is 12.1. The fraction of sp³-hybridized carbons (Fsp3) is 0.429. The second-order valence-electron chi connectivity index (χ2n) is 4.47. The number of nitrogens with zero attached hydrogens (tertiary/aromatic N) is 1. The summed E-state index contributed by atoms with van der Waals surface area (Å²) in [5.74, 6) is -1.31. The van der Waals surface area contributed by atoms with Gasteiger partial charge in [0.2, 0.25) is 0 Å². The van der Waals surface area contributed by atoms with Crippen molar-refractivity contribution in [2.24, 2.45) is 0 Å². The molecule has 6 heteroatoms. The molecule has 0 bridgehead atoms. The number of carbonyl (C=O) groups is 2. The van der Waals surface area contributed by atoms with Crippen molar-refractivity contribution in [2.75, 3.05) is 44.6 Å². The first-order chi connectivity index (χ1) is 9.56. The molecule has 0 saturated heterocycles. The molecule has 0 fully saturated rings. The maximum Gasteiger partial charge on any atom is 0.313 e. The molecule has 6 nitrogen and oxygen atoms in total. The number of carbonyl (C=O) groups excluding carboxylic acids is 2. The lowest BCUT2D eigenvalue weighted by molar-refractivity contribution is -0.136. The second kappa shape index (κ2) is 8.16. The maximum absolute atomic E-state index is 11.8. The minimum absolute atomic E-state index is 0.412. The summed E-state index contributed by atoms with van der Waals surface area (Å²) in [6, 6.07) is 7.30. The number of hydrogen-bond acceptors (Lipinski definition) is 4. The third kappa shape index (κ3) is 4.89. The van der Waals surface area contributed by atoms with E-state index < -0.39 is 11.8 Å². The van der Waals surface area contributed by atoms with Gasteiger partial charge in [0.05, 0.1) is 11.4 Å². The molecule has 1 aromatic carbocycles. The molecule has 0 saturated carbocycles. The van der Waals surface area contributed by atoms with Crippen LogP contribution in [0.4, 0.5) is 11.4 Å². The first-order valence-corrected chi connectivity index (χ1v) is 6.40. The smallest absolute Gasteiger partial charge is 0.313 e. The first kappa shape index (κ1) is 16.0. The molecule has 1 aromatic rings. The summed E-state index contributed by atoms with van der Waals surface area (Å²) >= 11 is 0. The second-order valence-corrected chi connectivity index (χ2v) is 4.47. The third-order valence-corrected chi connectivity index (χ3v) is 2.65. The predicted molar refractivity (Wildman–Crippen MR) is 78.9 cm³/mol. The van der Waals surface area contributed by atoms with Gasteiger partial charge in [0.15, 0.2) is 0 Å². The van der Waals surface area contributed by atoms with Crippen LogP contribution in [0, 0.1) is 0 Å². The maximum atomic E-state index is 11.8. The molecule has 0 aliphatic heterocycles. The SMILES string of the molecule is COCCCNC(=O)C(=O)Nc1ccccc1N(C)C. The van der Waals surface area contributed by atoms with Gasteiger partial charge in [-0.25, -0.2) is 0 Å². The van der Waals surface area contributed by atoms with Gasteiger partial charge in [0.25, 0.3) is 0 Å². The lowest BCUT2D eigenvalue weighted by atomic mass is 10.2. The minimum Gasteiger partial charge on any atom is -0.385 e. The van der Waals surface area contributed by atoms with Crippen molar-refractivity contribution >= 4 is 23.2 Å². The Labute approximate surface area is 119 Å². The average molecular weight is 279 g/mol. The largest absolute Gasteiger partial charge is 0.385 e. The summed E-state index contributed by atoms with van der Waals surface area (Å²) in [6.45, 7) is 0.959. The molecule has 0 aromatic heterocycles. The van der Waals surface area contributed by atoms with E-state index in [1.165, 1.54) is 0 Å². The highest BCUT2D eigenvalue weighted by atomic mass is 16.5. The Bertz CT molecular complexity index is 461. The van der Waals surface area contributed by atoms with E-state index in [0.717, 1.165) is 5.69 Å². The molecule has 0 atom stereocenters. The standard InChI is InChI=1S/C14H21N3O3/c1-17(2)12-8-5-4-7-11(12)16-14(19)13(18)15-9-6-10-20-3/h4-5,7-8H,6,9-10H2,1-3H3,(H,15,18)(H,16,19). The summed E-state index contributed by atoms with van der Waals surface area (Å²) in [5.41, 5.74) is 1.45. The Morgan fingerprint density at radius 1 is 1.20 bits per heavy atom. The topological polar surface area (TPSA) is 70.7 Å². The Hall–Kier alpha value is -2.08. The van der Waals surface area contributed by atoms with Gasteiger partial charge in [-0.1, -0.05) is 12.1 Å². The van der Waals surface area contributed by atoms with Crippen molar-refractivity contribution < 1.29 is 14.3 Å². The number of benzene rings is 1. The van der Waals surface area contributed by atoms with Crippen molar-refractivity contribution in [1.29, 1.82) is 0 Å². The van der Waals surface area contributed by atoms with E-state index in [0.29, 0.717) is 25.3 Å². The molecule has 0 spiro atoms. The molecule has 1 rings (SSSR count). The van der Waals surface area contributed by atoms with Gasteiger partial charge >= 0.3 is 11.8 Å². The number of methoxy groups -OCH3 is 1. The first-order valence-electron chi connectivity index (χ1n) is 6.40. The number of hydrogen-bond donors (Lipinski definition) is 2. The molecule has 20 heavy (non-hydrogen) atoms. The number of para-hydroxylation sites is 2. The van der Waals surface area contributed by atoms with E-state index in [9.17, 15) is 9.59 Å². The molecule has 110 valence electrons. The van der Waals surface area contributed by atoms with Crippen LogP contribution in [0.15, 0.2) is 24.3 Å². The zero-order valence-electron chi connectivity index (χ0n) is 12.1. The predicted octanol–water partition coefficient (Wildman–Crippen LogP) is 0.844. The van der Waals surface area contributed by atoms with E-state index in [1.54, 1.807) is 19.2 Å². The van der Waals surface area contributed by atoms with Gasteiger partial charge in [0.1, 0.15) is 0 Å². The molecule has 0 heterocycles. The molecular formula is C14H21N3O3. The van der Waals surface area contributed by atoms with E-state index in [1.807, 2.05) is 31.1 Å². The quantitative estimate of drug-likeness (QED) is 0.598. The van der Waals surface area contributed by atoms with Crippen LogP contribution < -0.4 is 15.5 Å². The number of ether oxygens (including phenoxy) is 1. The normalized spacial score (nSPS) is 9.95. The highest BCUT2D eigenvalue weighted by Gasteiger charge is 2.15. The van der Waals surface area contributed by atoms with Crippen LogP contribution in [0.25, 0.3) is 0 Å². The van der Waals surface area contributed by atoms with Crippen LogP contribution in [0.1, 0.15) is 6.42 Å². The summed E-state index contributed by atoms with van der Waals surface area (Å²) in [4.78, 5) is 25.3. The van der Waals surface area contributed by atoms with E-state index >= 15 is 0 Å². The van der Waals surface area contributed by atoms with Gasteiger partial charge < -0.3 is 20.3 Å². The number of nitrogens with one attached hydrogen (secondary N) is 2. The van der Waals surface area contributed by atoms with Gasteiger partial charge in [-0.3, -0.25) is 9.59 Å². The van der Waals surface area contributed by atoms with Gasteiger partial charge in [-0.15, -0.1) is 0 Å². The van der Waals surface area contributed by atoms with Gasteiger partial charge in [-0.05, 0) is 18.6 Å². The van der Waals surface area contributed by atoms with Crippen molar-refractivity contribution in [2.45, 2.75) is 6.42 Å².